The molecule has 0 N–H and O–H groups in total. The van der Waals surface area contributed by atoms with Crippen molar-refractivity contribution in [2.75, 3.05) is 0 Å². The van der Waals surface area contributed by atoms with Crippen molar-refractivity contribution in [3.63, 3.8) is 0 Å². The average Bonchev–Trinajstić information content (AvgIpc) is 2.70. The van der Waals surface area contributed by atoms with E-state index in [-0.39, 0.29) is 0 Å². The van der Waals surface area contributed by atoms with E-state index in [9.17, 15) is 0 Å². The van der Waals surface area contributed by atoms with Crippen LogP contribution in [-0.2, 0) is 13.5 Å². The van der Waals surface area contributed by atoms with Crippen LogP contribution in [0, 0.1) is 11.3 Å². The molecule has 2 rings (SSSR count). The first-order valence-electron chi connectivity index (χ1n) is 5.27. The predicted octanol–water partition coefficient (Wildman–Crippen LogP) is 2.52. The van der Waals surface area contributed by atoms with Gasteiger partial charge >= 0.3 is 0 Å². The van der Waals surface area contributed by atoms with Gasteiger partial charge in [-0.25, -0.2) is 4.98 Å². The lowest BCUT2D eigenvalue weighted by Gasteiger charge is -2.04. The SMILES string of the molecule is CCc1ccc(-c2c(C#N)ncn2C)cc1. The van der Waals surface area contributed by atoms with Crippen molar-refractivity contribution in [2.24, 2.45) is 7.05 Å². The van der Waals surface area contributed by atoms with Gasteiger partial charge in [-0.2, -0.15) is 5.26 Å². The highest BCUT2D eigenvalue weighted by Crippen LogP contribution is 2.22. The average molecular weight is 211 g/mol. The predicted molar refractivity (Wildman–Crippen MR) is 62.7 cm³/mol. The number of aryl methyl sites for hydroxylation is 2. The van der Waals surface area contributed by atoms with Crippen molar-refractivity contribution in [1.82, 2.24) is 9.55 Å². The molecule has 2 aromatic rings. The van der Waals surface area contributed by atoms with E-state index in [1.807, 2.05) is 23.7 Å². The molecular weight excluding hydrogens is 198 g/mol. The Morgan fingerprint density at radius 1 is 1.31 bits per heavy atom. The van der Waals surface area contributed by atoms with Gasteiger partial charge in [0.05, 0.1) is 12.0 Å². The number of nitriles is 1. The molecule has 1 aromatic carbocycles. The second-order valence-corrected chi connectivity index (χ2v) is 3.71. The van der Waals surface area contributed by atoms with E-state index in [0.717, 1.165) is 17.7 Å². The largest absolute Gasteiger partial charge is 0.333 e. The summed E-state index contributed by atoms with van der Waals surface area (Å²) in [5.41, 5.74) is 3.69. The van der Waals surface area contributed by atoms with Crippen LogP contribution in [0.5, 0.6) is 0 Å². The van der Waals surface area contributed by atoms with Gasteiger partial charge in [-0.3, -0.25) is 0 Å². The molecule has 0 amide bonds. The zero-order chi connectivity index (χ0) is 11.5. The first-order chi connectivity index (χ1) is 7.76. The van der Waals surface area contributed by atoms with Crippen LogP contribution in [0.2, 0.25) is 0 Å². The van der Waals surface area contributed by atoms with Gasteiger partial charge in [-0.15, -0.1) is 0 Å². The van der Waals surface area contributed by atoms with E-state index >= 15 is 0 Å². The fourth-order valence-corrected chi connectivity index (χ4v) is 1.75. The van der Waals surface area contributed by atoms with Gasteiger partial charge in [0.2, 0.25) is 0 Å². The third kappa shape index (κ3) is 1.70. The Morgan fingerprint density at radius 3 is 2.56 bits per heavy atom. The standard InChI is InChI=1S/C13H13N3/c1-3-10-4-6-11(7-5-10)13-12(8-14)15-9-16(13)2/h4-7,9H,3H2,1-2H3. The van der Waals surface area contributed by atoms with Crippen LogP contribution < -0.4 is 0 Å². The summed E-state index contributed by atoms with van der Waals surface area (Å²) in [7, 11) is 1.90. The molecule has 0 atom stereocenters. The Balaban J connectivity index is 2.50. The number of benzene rings is 1. The van der Waals surface area contributed by atoms with Crippen molar-refractivity contribution in [3.8, 4) is 17.3 Å². The van der Waals surface area contributed by atoms with Crippen LogP contribution in [-0.4, -0.2) is 9.55 Å². The maximum absolute atomic E-state index is 8.97. The Hall–Kier alpha value is -2.08. The van der Waals surface area contributed by atoms with Gasteiger partial charge in [-0.05, 0) is 12.0 Å². The van der Waals surface area contributed by atoms with Crippen molar-refractivity contribution < 1.29 is 0 Å². The third-order valence-corrected chi connectivity index (χ3v) is 2.68. The Bertz CT molecular complexity index is 529. The molecule has 16 heavy (non-hydrogen) atoms. The molecule has 0 unspecified atom stereocenters. The summed E-state index contributed by atoms with van der Waals surface area (Å²) in [6.07, 6.45) is 2.69. The van der Waals surface area contributed by atoms with E-state index in [1.54, 1.807) is 6.33 Å². The lowest BCUT2D eigenvalue weighted by molar-refractivity contribution is 0.921. The molecule has 3 nitrogen and oxygen atoms in total. The molecule has 0 saturated carbocycles. The van der Waals surface area contributed by atoms with E-state index in [4.69, 9.17) is 5.26 Å². The highest BCUT2D eigenvalue weighted by Gasteiger charge is 2.09. The molecule has 3 heteroatoms. The summed E-state index contributed by atoms with van der Waals surface area (Å²) >= 11 is 0. The lowest BCUT2D eigenvalue weighted by Crippen LogP contribution is -1.92. The highest BCUT2D eigenvalue weighted by molar-refractivity contribution is 5.65. The van der Waals surface area contributed by atoms with Crippen LogP contribution in [0.3, 0.4) is 0 Å². The van der Waals surface area contributed by atoms with E-state index in [2.05, 4.69) is 30.1 Å². The Morgan fingerprint density at radius 2 is 2.00 bits per heavy atom. The summed E-state index contributed by atoms with van der Waals surface area (Å²) in [6, 6.07) is 10.4. The first-order valence-corrected chi connectivity index (χ1v) is 5.27. The summed E-state index contributed by atoms with van der Waals surface area (Å²) in [5.74, 6) is 0. The van der Waals surface area contributed by atoms with E-state index < -0.39 is 0 Å². The smallest absolute Gasteiger partial charge is 0.166 e. The number of hydrogen-bond donors (Lipinski definition) is 0. The van der Waals surface area contributed by atoms with Gasteiger partial charge in [0, 0.05) is 12.6 Å². The summed E-state index contributed by atoms with van der Waals surface area (Å²) < 4.78 is 1.87. The second-order valence-electron chi connectivity index (χ2n) is 3.71. The monoisotopic (exact) mass is 211 g/mol. The molecule has 0 radical (unpaired) electrons. The topological polar surface area (TPSA) is 41.6 Å². The lowest BCUT2D eigenvalue weighted by atomic mass is 10.1. The minimum Gasteiger partial charge on any atom is -0.333 e. The fraction of sp³-hybridized carbons (Fsp3) is 0.231. The molecule has 0 aliphatic rings. The van der Waals surface area contributed by atoms with Crippen LogP contribution in [0.15, 0.2) is 30.6 Å². The second kappa shape index (κ2) is 4.19. The van der Waals surface area contributed by atoms with Crippen LogP contribution >= 0.6 is 0 Å². The van der Waals surface area contributed by atoms with Crippen molar-refractivity contribution >= 4 is 0 Å². The van der Waals surface area contributed by atoms with Crippen molar-refractivity contribution in [2.45, 2.75) is 13.3 Å². The third-order valence-electron chi connectivity index (χ3n) is 2.68. The molecule has 1 aromatic heterocycles. The normalized spacial score (nSPS) is 10.1. The van der Waals surface area contributed by atoms with Gasteiger partial charge in [0.1, 0.15) is 6.07 Å². The number of hydrogen-bond acceptors (Lipinski definition) is 2. The van der Waals surface area contributed by atoms with Crippen molar-refractivity contribution in [3.05, 3.63) is 41.9 Å². The first kappa shape index (κ1) is 10.4. The summed E-state index contributed by atoms with van der Waals surface area (Å²) in [5, 5.41) is 8.97. The van der Waals surface area contributed by atoms with E-state index in [0.29, 0.717) is 5.69 Å². The quantitative estimate of drug-likeness (QED) is 0.766. The number of imidazole rings is 1. The Kier molecular flexibility index (Phi) is 2.74. The van der Waals surface area contributed by atoms with Crippen LogP contribution in [0.4, 0.5) is 0 Å². The summed E-state index contributed by atoms with van der Waals surface area (Å²) in [4.78, 5) is 4.06. The maximum Gasteiger partial charge on any atom is 0.166 e. The fourth-order valence-electron chi connectivity index (χ4n) is 1.75. The summed E-state index contributed by atoms with van der Waals surface area (Å²) in [6.45, 7) is 2.12. The van der Waals surface area contributed by atoms with Crippen LogP contribution in [0.1, 0.15) is 18.2 Å². The molecular formula is C13H13N3. The van der Waals surface area contributed by atoms with Gasteiger partial charge in [-0.1, -0.05) is 31.2 Å². The van der Waals surface area contributed by atoms with Crippen molar-refractivity contribution in [1.29, 1.82) is 5.26 Å². The molecule has 0 aliphatic carbocycles. The maximum atomic E-state index is 8.97. The van der Waals surface area contributed by atoms with Gasteiger partial charge in [0.25, 0.3) is 0 Å². The van der Waals surface area contributed by atoms with Gasteiger partial charge in [0.15, 0.2) is 5.69 Å². The molecule has 0 aliphatic heterocycles. The molecule has 0 spiro atoms. The molecule has 80 valence electrons. The molecule has 1 heterocycles. The van der Waals surface area contributed by atoms with Crippen LogP contribution in [0.25, 0.3) is 11.3 Å². The number of nitrogens with zero attached hydrogens (tertiary/aromatic N) is 3. The highest BCUT2D eigenvalue weighted by atomic mass is 15.0. The minimum absolute atomic E-state index is 0.478. The van der Waals surface area contributed by atoms with E-state index in [1.165, 1.54) is 5.56 Å². The number of aromatic nitrogens is 2. The molecule has 0 saturated heterocycles. The zero-order valence-corrected chi connectivity index (χ0v) is 9.44. The molecule has 0 bridgehead atoms. The Labute approximate surface area is 95.0 Å². The van der Waals surface area contributed by atoms with Gasteiger partial charge < -0.3 is 4.57 Å². The zero-order valence-electron chi connectivity index (χ0n) is 9.44. The molecule has 0 fully saturated rings. The minimum atomic E-state index is 0.478. The number of rotatable bonds is 2.